The topological polar surface area (TPSA) is 72.5 Å². The van der Waals surface area contributed by atoms with Gasteiger partial charge in [-0.15, -0.1) is 0 Å². The summed E-state index contributed by atoms with van der Waals surface area (Å²) in [6.07, 6.45) is 0. The number of ether oxygens (including phenoxy) is 1. The quantitative estimate of drug-likeness (QED) is 0.680. The molecule has 0 aliphatic carbocycles. The highest BCUT2D eigenvalue weighted by atomic mass is 16.5. The summed E-state index contributed by atoms with van der Waals surface area (Å²) in [5.74, 6) is -1.03. The average Bonchev–Trinajstić information content (AvgIpc) is 2.53. The summed E-state index contributed by atoms with van der Waals surface area (Å²) in [6, 6.07) is 13.5. The van der Waals surface area contributed by atoms with E-state index < -0.39 is 11.9 Å². The van der Waals surface area contributed by atoms with E-state index in [0.29, 0.717) is 16.8 Å². The van der Waals surface area contributed by atoms with Crippen LogP contribution in [-0.2, 0) is 9.53 Å². The van der Waals surface area contributed by atoms with Crippen LogP contribution in [0.2, 0.25) is 0 Å². The van der Waals surface area contributed by atoms with Crippen LogP contribution in [0.25, 0.3) is 0 Å². The summed E-state index contributed by atoms with van der Waals surface area (Å²) >= 11 is 0. The third-order valence-electron chi connectivity index (χ3n) is 3.27. The SMILES string of the molecule is CC(=O)c1ccc(NC(=O)COC(=O)c2ccccc2C)cc1. The predicted molar refractivity (Wildman–Crippen MR) is 86.5 cm³/mol. The Balaban J connectivity index is 1.89. The molecule has 23 heavy (non-hydrogen) atoms. The second-order valence-corrected chi connectivity index (χ2v) is 5.07. The van der Waals surface area contributed by atoms with E-state index in [1.165, 1.54) is 6.92 Å². The van der Waals surface area contributed by atoms with Crippen molar-refractivity contribution >= 4 is 23.3 Å². The number of nitrogens with one attached hydrogen (secondary N) is 1. The van der Waals surface area contributed by atoms with Gasteiger partial charge in [-0.2, -0.15) is 0 Å². The monoisotopic (exact) mass is 311 g/mol. The first-order valence-corrected chi connectivity index (χ1v) is 7.11. The van der Waals surface area contributed by atoms with E-state index in [1.807, 2.05) is 6.07 Å². The third kappa shape index (κ3) is 4.51. The highest BCUT2D eigenvalue weighted by Gasteiger charge is 2.12. The molecule has 0 heterocycles. The van der Waals surface area contributed by atoms with Crippen molar-refractivity contribution in [1.29, 1.82) is 0 Å². The van der Waals surface area contributed by atoms with Gasteiger partial charge in [-0.05, 0) is 49.7 Å². The minimum atomic E-state index is -0.537. The van der Waals surface area contributed by atoms with E-state index in [2.05, 4.69) is 5.32 Å². The number of aryl methyl sites for hydroxylation is 1. The molecule has 2 rings (SSSR count). The van der Waals surface area contributed by atoms with Crippen LogP contribution < -0.4 is 5.32 Å². The number of esters is 1. The molecule has 0 aromatic heterocycles. The highest BCUT2D eigenvalue weighted by molar-refractivity contribution is 5.97. The van der Waals surface area contributed by atoms with Crippen LogP contribution in [0.5, 0.6) is 0 Å². The molecule has 1 amide bonds. The first-order chi connectivity index (χ1) is 11.0. The number of rotatable bonds is 5. The van der Waals surface area contributed by atoms with Gasteiger partial charge in [0, 0.05) is 11.3 Å². The van der Waals surface area contributed by atoms with Gasteiger partial charge < -0.3 is 10.1 Å². The summed E-state index contributed by atoms with van der Waals surface area (Å²) < 4.78 is 5.00. The maximum atomic E-state index is 11.9. The fourth-order valence-corrected chi connectivity index (χ4v) is 2.00. The van der Waals surface area contributed by atoms with Crippen molar-refractivity contribution in [3.05, 3.63) is 65.2 Å². The van der Waals surface area contributed by atoms with Crippen LogP contribution >= 0.6 is 0 Å². The molecule has 0 saturated heterocycles. The Morgan fingerprint density at radius 3 is 2.26 bits per heavy atom. The summed E-state index contributed by atoms with van der Waals surface area (Å²) in [5, 5.41) is 2.60. The number of carbonyl (C=O) groups is 3. The molecule has 0 aliphatic rings. The molecule has 1 N–H and O–H groups in total. The zero-order valence-corrected chi connectivity index (χ0v) is 13.0. The first kappa shape index (κ1) is 16.4. The van der Waals surface area contributed by atoms with Crippen LogP contribution in [0.3, 0.4) is 0 Å². The number of amides is 1. The molecule has 5 heteroatoms. The zero-order valence-electron chi connectivity index (χ0n) is 13.0. The van der Waals surface area contributed by atoms with Crippen LogP contribution in [-0.4, -0.2) is 24.3 Å². The van der Waals surface area contributed by atoms with E-state index >= 15 is 0 Å². The smallest absolute Gasteiger partial charge is 0.338 e. The zero-order chi connectivity index (χ0) is 16.8. The van der Waals surface area contributed by atoms with Gasteiger partial charge in [-0.25, -0.2) is 4.79 Å². The molecule has 2 aromatic carbocycles. The molecule has 0 saturated carbocycles. The van der Waals surface area contributed by atoms with Crippen molar-refractivity contribution in [2.75, 3.05) is 11.9 Å². The van der Waals surface area contributed by atoms with E-state index in [4.69, 9.17) is 4.74 Å². The Kier molecular flexibility index (Phi) is 5.25. The molecule has 2 aromatic rings. The summed E-state index contributed by atoms with van der Waals surface area (Å²) in [7, 11) is 0. The largest absolute Gasteiger partial charge is 0.452 e. The number of carbonyl (C=O) groups excluding carboxylic acids is 3. The van der Waals surface area contributed by atoms with Crippen molar-refractivity contribution in [1.82, 2.24) is 0 Å². The second kappa shape index (κ2) is 7.35. The van der Waals surface area contributed by atoms with Crippen LogP contribution in [0.4, 0.5) is 5.69 Å². The second-order valence-electron chi connectivity index (χ2n) is 5.07. The highest BCUT2D eigenvalue weighted by Crippen LogP contribution is 2.11. The van der Waals surface area contributed by atoms with Gasteiger partial charge >= 0.3 is 5.97 Å². The number of hydrogen-bond acceptors (Lipinski definition) is 4. The van der Waals surface area contributed by atoms with Gasteiger partial charge in [0.15, 0.2) is 12.4 Å². The average molecular weight is 311 g/mol. The van der Waals surface area contributed by atoms with Gasteiger partial charge in [-0.1, -0.05) is 18.2 Å². The van der Waals surface area contributed by atoms with Crippen LogP contribution in [0.1, 0.15) is 33.2 Å². The molecule has 0 unspecified atom stereocenters. The molecule has 0 atom stereocenters. The number of ketones is 1. The van der Waals surface area contributed by atoms with Crippen LogP contribution in [0.15, 0.2) is 48.5 Å². The van der Waals surface area contributed by atoms with Gasteiger partial charge in [0.05, 0.1) is 5.56 Å². The lowest BCUT2D eigenvalue weighted by Gasteiger charge is -2.08. The normalized spacial score (nSPS) is 10.0. The molecule has 0 radical (unpaired) electrons. The molecule has 0 bridgehead atoms. The predicted octanol–water partition coefficient (Wildman–Crippen LogP) is 2.99. The van der Waals surface area contributed by atoms with Crippen molar-refractivity contribution in [2.24, 2.45) is 0 Å². The fourth-order valence-electron chi connectivity index (χ4n) is 2.00. The van der Waals surface area contributed by atoms with E-state index in [1.54, 1.807) is 49.4 Å². The lowest BCUT2D eigenvalue weighted by molar-refractivity contribution is -0.119. The lowest BCUT2D eigenvalue weighted by atomic mass is 10.1. The molecule has 0 aliphatic heterocycles. The van der Waals surface area contributed by atoms with Gasteiger partial charge in [0.2, 0.25) is 0 Å². The first-order valence-electron chi connectivity index (χ1n) is 7.11. The molecule has 118 valence electrons. The molecular formula is C18H17NO4. The standard InChI is InChI=1S/C18H17NO4/c1-12-5-3-4-6-16(12)18(22)23-11-17(21)19-15-9-7-14(8-10-15)13(2)20/h3-10H,11H2,1-2H3,(H,19,21). The Labute approximate surface area is 134 Å². The van der Waals surface area contributed by atoms with Crippen molar-refractivity contribution < 1.29 is 19.1 Å². The minimum absolute atomic E-state index is 0.0463. The fraction of sp³-hybridized carbons (Fsp3) is 0.167. The van der Waals surface area contributed by atoms with Gasteiger partial charge in [0.25, 0.3) is 5.91 Å². The van der Waals surface area contributed by atoms with Gasteiger partial charge in [-0.3, -0.25) is 9.59 Å². The van der Waals surface area contributed by atoms with E-state index in [9.17, 15) is 14.4 Å². The Hall–Kier alpha value is -2.95. The number of Topliss-reactive ketones (excluding diaryl/α,β-unsaturated/α-hetero) is 1. The third-order valence-corrected chi connectivity index (χ3v) is 3.27. The lowest BCUT2D eigenvalue weighted by Crippen LogP contribution is -2.21. The van der Waals surface area contributed by atoms with Gasteiger partial charge in [0.1, 0.15) is 0 Å². The Bertz CT molecular complexity index is 735. The Morgan fingerprint density at radius 2 is 1.65 bits per heavy atom. The number of hydrogen-bond donors (Lipinski definition) is 1. The van der Waals surface area contributed by atoms with E-state index in [0.717, 1.165) is 5.56 Å². The summed E-state index contributed by atoms with van der Waals surface area (Å²) in [6.45, 7) is 2.90. The molecule has 0 spiro atoms. The summed E-state index contributed by atoms with van der Waals surface area (Å²) in [5.41, 5.74) is 2.32. The number of benzene rings is 2. The van der Waals surface area contributed by atoms with Crippen molar-refractivity contribution in [2.45, 2.75) is 13.8 Å². The molecule has 5 nitrogen and oxygen atoms in total. The van der Waals surface area contributed by atoms with Crippen molar-refractivity contribution in [3.8, 4) is 0 Å². The maximum absolute atomic E-state index is 11.9. The summed E-state index contributed by atoms with van der Waals surface area (Å²) in [4.78, 5) is 34.9. The molecular weight excluding hydrogens is 294 g/mol. The van der Waals surface area contributed by atoms with Crippen LogP contribution in [0, 0.1) is 6.92 Å². The maximum Gasteiger partial charge on any atom is 0.338 e. The Morgan fingerprint density at radius 1 is 1.00 bits per heavy atom. The van der Waals surface area contributed by atoms with E-state index in [-0.39, 0.29) is 12.4 Å². The minimum Gasteiger partial charge on any atom is -0.452 e. The van der Waals surface area contributed by atoms with Crippen molar-refractivity contribution in [3.63, 3.8) is 0 Å². The molecule has 0 fully saturated rings. The number of anilines is 1.